The number of sulfone groups is 1. The fourth-order valence-electron chi connectivity index (χ4n) is 1.22. The maximum absolute atomic E-state index is 11.6. The van der Waals surface area contributed by atoms with E-state index in [1.165, 1.54) is 6.92 Å². The van der Waals surface area contributed by atoms with Gasteiger partial charge in [0.05, 0.1) is 0 Å². The maximum atomic E-state index is 11.6. The van der Waals surface area contributed by atoms with Crippen LogP contribution in [0.3, 0.4) is 0 Å². The van der Waals surface area contributed by atoms with Crippen molar-refractivity contribution in [1.29, 1.82) is 0 Å². The molecule has 0 aromatic rings. The van der Waals surface area contributed by atoms with Crippen molar-refractivity contribution in [2.45, 2.75) is 45.0 Å². The molecule has 7 heteroatoms. The Labute approximate surface area is 101 Å². The summed E-state index contributed by atoms with van der Waals surface area (Å²) in [5.74, 6) is -3.29. The van der Waals surface area contributed by atoms with Crippen molar-refractivity contribution in [3.05, 3.63) is 0 Å². The Morgan fingerprint density at radius 2 is 1.76 bits per heavy atom. The number of hydrogen-bond acceptors (Lipinski definition) is 5. The van der Waals surface area contributed by atoms with E-state index < -0.39 is 38.4 Å². The lowest BCUT2D eigenvalue weighted by Crippen LogP contribution is -2.36. The lowest BCUT2D eigenvalue weighted by molar-refractivity contribution is -0.151. The van der Waals surface area contributed by atoms with Crippen LogP contribution in [0.15, 0.2) is 0 Å². The summed E-state index contributed by atoms with van der Waals surface area (Å²) < 4.78 is 28.1. The molecule has 0 saturated carbocycles. The normalized spacial score (nSPS) is 14.1. The zero-order chi connectivity index (χ0) is 13.9. The topological polar surface area (TPSA) is 97.7 Å². The van der Waals surface area contributed by atoms with Gasteiger partial charge >= 0.3 is 11.9 Å². The number of rotatable bonds is 5. The minimum absolute atomic E-state index is 0.0829. The molecule has 1 N–H and O–H groups in total. The molecule has 0 radical (unpaired) electrons. The van der Waals surface area contributed by atoms with Crippen LogP contribution < -0.4 is 0 Å². The zero-order valence-electron chi connectivity index (χ0n) is 10.4. The summed E-state index contributed by atoms with van der Waals surface area (Å²) in [6.07, 6.45) is -0.0829. The number of aliphatic carboxylic acids is 1. The number of carbonyl (C=O) groups is 2. The Bertz CT molecular complexity index is 390. The Morgan fingerprint density at radius 1 is 1.29 bits per heavy atom. The largest absolute Gasteiger partial charge is 0.480 e. The van der Waals surface area contributed by atoms with E-state index in [-0.39, 0.29) is 6.42 Å². The molecular formula is C10H18O6S. The van der Waals surface area contributed by atoms with Gasteiger partial charge in [-0.3, -0.25) is 9.59 Å². The Hall–Kier alpha value is -1.11. The molecule has 0 amide bonds. The highest BCUT2D eigenvalue weighted by Gasteiger charge is 2.34. The molecule has 100 valence electrons. The molecule has 17 heavy (non-hydrogen) atoms. The molecule has 0 rings (SSSR count). The van der Waals surface area contributed by atoms with Gasteiger partial charge in [0.15, 0.2) is 15.1 Å². The zero-order valence-corrected chi connectivity index (χ0v) is 11.2. The molecule has 1 unspecified atom stereocenters. The van der Waals surface area contributed by atoms with Gasteiger partial charge in [0.1, 0.15) is 11.4 Å². The van der Waals surface area contributed by atoms with Crippen LogP contribution in [0.1, 0.15) is 34.1 Å². The van der Waals surface area contributed by atoms with Crippen LogP contribution in [0.5, 0.6) is 0 Å². The number of esters is 1. The molecule has 0 fully saturated rings. The summed E-state index contributed by atoms with van der Waals surface area (Å²) in [5, 5.41) is 7.16. The molecule has 0 spiro atoms. The van der Waals surface area contributed by atoms with Crippen LogP contribution in [-0.4, -0.2) is 42.1 Å². The highest BCUT2D eigenvalue weighted by molar-refractivity contribution is 7.93. The molecule has 0 aromatic heterocycles. The molecule has 0 bridgehead atoms. The van der Waals surface area contributed by atoms with Gasteiger partial charge in [-0.2, -0.15) is 0 Å². The molecular weight excluding hydrogens is 248 g/mol. The molecule has 0 aliphatic rings. The van der Waals surface area contributed by atoms with Gasteiger partial charge < -0.3 is 9.84 Å². The van der Waals surface area contributed by atoms with Gasteiger partial charge in [0, 0.05) is 0 Å². The first-order valence-corrected chi connectivity index (χ1v) is 6.87. The predicted molar refractivity (Wildman–Crippen MR) is 61.3 cm³/mol. The second kappa shape index (κ2) is 5.48. The van der Waals surface area contributed by atoms with Crippen molar-refractivity contribution in [2.24, 2.45) is 0 Å². The van der Waals surface area contributed by atoms with Gasteiger partial charge in [-0.15, -0.1) is 0 Å². The van der Waals surface area contributed by atoms with Crippen LogP contribution >= 0.6 is 0 Å². The highest BCUT2D eigenvalue weighted by Crippen LogP contribution is 2.12. The minimum Gasteiger partial charge on any atom is -0.480 e. The second-order valence-corrected chi connectivity index (χ2v) is 6.81. The van der Waals surface area contributed by atoms with E-state index in [9.17, 15) is 18.0 Å². The number of hydrogen-bond donors (Lipinski definition) is 1. The van der Waals surface area contributed by atoms with Gasteiger partial charge in [0.25, 0.3) is 0 Å². The first-order chi connectivity index (χ1) is 7.49. The van der Waals surface area contributed by atoms with E-state index in [1.54, 1.807) is 20.8 Å². The van der Waals surface area contributed by atoms with E-state index in [1.807, 2.05) is 0 Å². The summed E-state index contributed by atoms with van der Waals surface area (Å²) >= 11 is 0. The fraction of sp³-hybridized carbons (Fsp3) is 0.800. The van der Waals surface area contributed by atoms with Gasteiger partial charge in [-0.05, 0) is 27.2 Å². The standard InChI is InChI=1S/C10H18O6S/c1-5-7(9(12)13)17(14,15)6-8(11)16-10(2,3)4/h7H,5-6H2,1-4H3,(H,12,13). The lowest BCUT2D eigenvalue weighted by atomic mass is 10.2. The van der Waals surface area contributed by atoms with E-state index >= 15 is 0 Å². The van der Waals surface area contributed by atoms with Crippen molar-refractivity contribution in [2.75, 3.05) is 5.75 Å². The second-order valence-electron chi connectivity index (χ2n) is 4.63. The monoisotopic (exact) mass is 266 g/mol. The Balaban J connectivity index is 4.77. The summed E-state index contributed by atoms with van der Waals surface area (Å²) in [5.41, 5.74) is -0.794. The molecule has 0 saturated heterocycles. The van der Waals surface area contributed by atoms with E-state index in [2.05, 4.69) is 0 Å². The maximum Gasteiger partial charge on any atom is 0.321 e. The van der Waals surface area contributed by atoms with Crippen molar-refractivity contribution < 1.29 is 27.9 Å². The van der Waals surface area contributed by atoms with Gasteiger partial charge in [0.2, 0.25) is 0 Å². The third-order valence-corrected chi connectivity index (χ3v) is 3.86. The average Bonchev–Trinajstić information content (AvgIpc) is 1.96. The van der Waals surface area contributed by atoms with Crippen molar-refractivity contribution >= 4 is 21.8 Å². The first kappa shape index (κ1) is 15.9. The molecule has 0 aliphatic carbocycles. The predicted octanol–water partition coefficient (Wildman–Crippen LogP) is 0.606. The Kier molecular flexibility index (Phi) is 5.12. The number of carboxylic acid groups (broad SMARTS) is 1. The van der Waals surface area contributed by atoms with Crippen LogP contribution in [-0.2, 0) is 24.2 Å². The molecule has 6 nitrogen and oxygen atoms in total. The summed E-state index contributed by atoms with van der Waals surface area (Å²) in [7, 11) is -4.02. The summed E-state index contributed by atoms with van der Waals surface area (Å²) in [6, 6.07) is 0. The van der Waals surface area contributed by atoms with Crippen LogP contribution in [0.4, 0.5) is 0 Å². The van der Waals surface area contributed by atoms with Crippen molar-refractivity contribution in [1.82, 2.24) is 0 Å². The molecule has 0 heterocycles. The third kappa shape index (κ3) is 5.67. The quantitative estimate of drug-likeness (QED) is 0.732. The van der Waals surface area contributed by atoms with Crippen LogP contribution in [0, 0.1) is 0 Å². The number of ether oxygens (including phenoxy) is 1. The van der Waals surface area contributed by atoms with E-state index in [4.69, 9.17) is 9.84 Å². The number of carbonyl (C=O) groups excluding carboxylic acids is 1. The summed E-state index contributed by atoms with van der Waals surface area (Å²) in [4.78, 5) is 22.0. The molecule has 0 aliphatic heterocycles. The first-order valence-electron chi connectivity index (χ1n) is 5.16. The van der Waals surface area contributed by atoms with E-state index in [0.717, 1.165) is 0 Å². The van der Waals surface area contributed by atoms with Crippen molar-refractivity contribution in [3.63, 3.8) is 0 Å². The van der Waals surface area contributed by atoms with Gasteiger partial charge in [-0.25, -0.2) is 8.42 Å². The molecule has 1 atom stereocenters. The Morgan fingerprint density at radius 3 is 2.06 bits per heavy atom. The van der Waals surface area contributed by atoms with Gasteiger partial charge in [-0.1, -0.05) is 6.92 Å². The van der Waals surface area contributed by atoms with Crippen LogP contribution in [0.2, 0.25) is 0 Å². The van der Waals surface area contributed by atoms with Crippen LogP contribution in [0.25, 0.3) is 0 Å². The van der Waals surface area contributed by atoms with E-state index in [0.29, 0.717) is 0 Å². The summed E-state index contributed by atoms with van der Waals surface area (Å²) in [6.45, 7) is 6.25. The lowest BCUT2D eigenvalue weighted by Gasteiger charge is -2.20. The smallest absolute Gasteiger partial charge is 0.321 e. The van der Waals surface area contributed by atoms with Crippen molar-refractivity contribution in [3.8, 4) is 0 Å². The fourth-order valence-corrected chi connectivity index (χ4v) is 2.62. The minimum atomic E-state index is -4.02. The average molecular weight is 266 g/mol. The third-order valence-electron chi connectivity index (χ3n) is 1.82. The number of carboxylic acids is 1. The molecule has 0 aromatic carbocycles. The SMILES string of the molecule is CCC(C(=O)O)S(=O)(=O)CC(=O)OC(C)(C)C. The highest BCUT2D eigenvalue weighted by atomic mass is 32.2.